The molecule has 4 nitrogen and oxygen atoms in total. The van der Waals surface area contributed by atoms with Crippen molar-refractivity contribution in [3.8, 4) is 0 Å². The molecule has 4 heteroatoms. The lowest BCUT2D eigenvalue weighted by Gasteiger charge is -2.22. The van der Waals surface area contributed by atoms with Crippen LogP contribution in [0.4, 0.5) is 22.7 Å². The van der Waals surface area contributed by atoms with E-state index in [2.05, 4.69) is 0 Å². The highest BCUT2D eigenvalue weighted by molar-refractivity contribution is 5.51. The van der Waals surface area contributed by atoms with E-state index in [4.69, 9.17) is 5.73 Å². The Kier molecular flexibility index (Phi) is 3.50. The standard InChI is InChI=1S/C14H17N3O/c1-16(2)12-7-9-14(10-8-12)17(18)13-5-3-11(15)4-6-13/h3-10,17H,15H2,1-2H3. The second-order valence-corrected chi connectivity index (χ2v) is 4.39. The van der Waals surface area contributed by atoms with E-state index in [1.54, 1.807) is 24.3 Å². The molecule has 0 amide bonds. The lowest BCUT2D eigenvalue weighted by atomic mass is 10.2. The van der Waals surface area contributed by atoms with Crippen LogP contribution in [-0.4, -0.2) is 14.1 Å². The number of nitrogens with one attached hydrogen (secondary N) is 1. The summed E-state index contributed by atoms with van der Waals surface area (Å²) in [7, 11) is 3.94. The minimum Gasteiger partial charge on any atom is -0.623 e. The summed E-state index contributed by atoms with van der Waals surface area (Å²) in [4.78, 5) is 2.00. The Morgan fingerprint density at radius 2 is 1.33 bits per heavy atom. The Labute approximate surface area is 107 Å². The van der Waals surface area contributed by atoms with E-state index in [-0.39, 0.29) is 5.06 Å². The summed E-state index contributed by atoms with van der Waals surface area (Å²) in [6.45, 7) is 0. The van der Waals surface area contributed by atoms with Gasteiger partial charge in [-0.3, -0.25) is 0 Å². The van der Waals surface area contributed by atoms with Gasteiger partial charge in [0.1, 0.15) is 11.4 Å². The summed E-state index contributed by atoms with van der Waals surface area (Å²) in [5, 5.41) is 12.2. The van der Waals surface area contributed by atoms with Crippen molar-refractivity contribution in [1.29, 1.82) is 0 Å². The molecule has 0 spiro atoms. The van der Waals surface area contributed by atoms with E-state index >= 15 is 0 Å². The molecule has 0 aromatic heterocycles. The van der Waals surface area contributed by atoms with Crippen molar-refractivity contribution in [3.63, 3.8) is 0 Å². The zero-order chi connectivity index (χ0) is 13.1. The first kappa shape index (κ1) is 12.4. The summed E-state index contributed by atoms with van der Waals surface area (Å²) in [5.74, 6) is 0. The van der Waals surface area contributed by atoms with Crippen LogP contribution < -0.4 is 15.7 Å². The number of anilines is 2. The van der Waals surface area contributed by atoms with Crippen LogP contribution in [0, 0.1) is 5.21 Å². The monoisotopic (exact) mass is 243 g/mol. The fraction of sp³-hybridized carbons (Fsp3) is 0.143. The molecule has 94 valence electrons. The number of hydrogen-bond acceptors (Lipinski definition) is 3. The first-order valence-electron chi connectivity index (χ1n) is 5.75. The van der Waals surface area contributed by atoms with Gasteiger partial charge in [-0.05, 0) is 24.3 Å². The lowest BCUT2D eigenvalue weighted by molar-refractivity contribution is -0.698. The minimum absolute atomic E-state index is 0.0142. The number of nitrogens with zero attached hydrogens (tertiary/aromatic N) is 1. The topological polar surface area (TPSA) is 56.8 Å². The third-order valence-corrected chi connectivity index (χ3v) is 2.82. The van der Waals surface area contributed by atoms with Crippen LogP contribution in [0.2, 0.25) is 0 Å². The van der Waals surface area contributed by atoms with E-state index in [0.717, 1.165) is 5.69 Å². The molecular weight excluding hydrogens is 226 g/mol. The van der Waals surface area contributed by atoms with Crippen molar-refractivity contribution in [2.24, 2.45) is 0 Å². The van der Waals surface area contributed by atoms with Gasteiger partial charge in [0.25, 0.3) is 0 Å². The molecule has 3 N–H and O–H groups in total. The predicted octanol–water partition coefficient (Wildman–Crippen LogP) is 1.68. The molecule has 2 aromatic carbocycles. The van der Waals surface area contributed by atoms with Crippen LogP contribution in [0.1, 0.15) is 0 Å². The fourth-order valence-electron chi connectivity index (χ4n) is 1.71. The van der Waals surface area contributed by atoms with E-state index < -0.39 is 0 Å². The number of nitrogen functional groups attached to an aromatic ring is 1. The number of rotatable bonds is 3. The van der Waals surface area contributed by atoms with E-state index in [0.29, 0.717) is 17.1 Å². The molecule has 0 fully saturated rings. The van der Waals surface area contributed by atoms with Gasteiger partial charge >= 0.3 is 0 Å². The average Bonchev–Trinajstić information content (AvgIpc) is 2.39. The largest absolute Gasteiger partial charge is 0.623 e. The van der Waals surface area contributed by atoms with Gasteiger partial charge in [-0.25, -0.2) is 0 Å². The van der Waals surface area contributed by atoms with Gasteiger partial charge in [-0.15, -0.1) is 0 Å². The average molecular weight is 243 g/mol. The molecule has 0 saturated carbocycles. The molecule has 2 rings (SSSR count). The second-order valence-electron chi connectivity index (χ2n) is 4.39. The van der Waals surface area contributed by atoms with Crippen LogP contribution >= 0.6 is 0 Å². The molecule has 0 aliphatic rings. The van der Waals surface area contributed by atoms with Crippen molar-refractivity contribution in [2.75, 3.05) is 24.7 Å². The van der Waals surface area contributed by atoms with E-state index in [1.165, 1.54) is 0 Å². The Morgan fingerprint density at radius 1 is 0.889 bits per heavy atom. The Hall–Kier alpha value is -2.04. The first-order chi connectivity index (χ1) is 8.58. The minimum atomic E-state index is 0.0142. The molecule has 0 heterocycles. The smallest absolute Gasteiger partial charge is 0.136 e. The number of nitrogens with two attached hydrogens (primary N) is 1. The third-order valence-electron chi connectivity index (χ3n) is 2.82. The quantitative estimate of drug-likeness (QED) is 0.637. The maximum absolute atomic E-state index is 12.2. The Bertz CT molecular complexity index is 506. The maximum atomic E-state index is 12.2. The first-order valence-corrected chi connectivity index (χ1v) is 5.75. The molecule has 0 bridgehead atoms. The highest BCUT2D eigenvalue weighted by Crippen LogP contribution is 2.15. The van der Waals surface area contributed by atoms with Crippen LogP contribution in [0.25, 0.3) is 0 Å². The van der Waals surface area contributed by atoms with Crippen molar-refractivity contribution >= 4 is 22.7 Å². The summed E-state index contributed by atoms with van der Waals surface area (Å²) >= 11 is 0. The Balaban J connectivity index is 2.23. The van der Waals surface area contributed by atoms with Gasteiger partial charge in [-0.2, -0.15) is 0 Å². The van der Waals surface area contributed by atoms with Gasteiger partial charge in [0.2, 0.25) is 0 Å². The molecule has 0 aliphatic carbocycles. The summed E-state index contributed by atoms with van der Waals surface area (Å²) in [6.07, 6.45) is 0. The van der Waals surface area contributed by atoms with Crippen LogP contribution in [0.3, 0.4) is 0 Å². The van der Waals surface area contributed by atoms with Crippen LogP contribution in [-0.2, 0) is 0 Å². The fourth-order valence-corrected chi connectivity index (χ4v) is 1.71. The van der Waals surface area contributed by atoms with Gasteiger partial charge in [-0.1, -0.05) is 0 Å². The van der Waals surface area contributed by atoms with Crippen LogP contribution in [0.5, 0.6) is 0 Å². The van der Waals surface area contributed by atoms with Crippen molar-refractivity contribution in [1.82, 2.24) is 0 Å². The van der Waals surface area contributed by atoms with Crippen LogP contribution in [0.15, 0.2) is 48.5 Å². The molecule has 2 aromatic rings. The Morgan fingerprint density at radius 3 is 1.78 bits per heavy atom. The predicted molar refractivity (Wildman–Crippen MR) is 75.3 cm³/mol. The van der Waals surface area contributed by atoms with Crippen molar-refractivity contribution in [2.45, 2.75) is 0 Å². The van der Waals surface area contributed by atoms with Gasteiger partial charge in [0.15, 0.2) is 0 Å². The van der Waals surface area contributed by atoms with E-state index in [9.17, 15) is 5.21 Å². The molecule has 1 unspecified atom stereocenters. The lowest BCUT2D eigenvalue weighted by Crippen LogP contribution is -2.96. The van der Waals surface area contributed by atoms with E-state index in [1.807, 2.05) is 43.3 Å². The molecule has 0 radical (unpaired) electrons. The number of hydrogen-bond donors (Lipinski definition) is 2. The molecular formula is C14H17N3O. The molecule has 0 aliphatic heterocycles. The number of benzene rings is 2. The summed E-state index contributed by atoms with van der Waals surface area (Å²) in [6, 6.07) is 14.5. The maximum Gasteiger partial charge on any atom is 0.136 e. The number of quaternary nitrogens is 1. The molecule has 18 heavy (non-hydrogen) atoms. The third kappa shape index (κ3) is 2.61. The highest BCUT2D eigenvalue weighted by atomic mass is 16.5. The highest BCUT2D eigenvalue weighted by Gasteiger charge is 2.06. The zero-order valence-electron chi connectivity index (χ0n) is 10.6. The molecule has 0 saturated heterocycles. The van der Waals surface area contributed by atoms with Crippen molar-refractivity contribution < 1.29 is 5.06 Å². The zero-order valence-corrected chi connectivity index (χ0v) is 10.6. The molecule has 1 atom stereocenters. The SMILES string of the molecule is CN(C)c1ccc([NH+]([O-])c2ccc(N)cc2)cc1. The summed E-state index contributed by atoms with van der Waals surface area (Å²) < 4.78 is 0. The second kappa shape index (κ2) is 5.08. The van der Waals surface area contributed by atoms with Gasteiger partial charge in [0.05, 0.1) is 0 Å². The van der Waals surface area contributed by atoms with Gasteiger partial charge < -0.3 is 20.9 Å². The van der Waals surface area contributed by atoms with Crippen molar-refractivity contribution in [3.05, 3.63) is 53.7 Å². The van der Waals surface area contributed by atoms with Gasteiger partial charge in [0, 0.05) is 49.7 Å². The summed E-state index contributed by atoms with van der Waals surface area (Å²) in [5.41, 5.74) is 8.68. The normalized spacial score (nSPS) is 12.2.